The summed E-state index contributed by atoms with van der Waals surface area (Å²) in [5.74, 6) is 0. The molecule has 0 radical (unpaired) electrons. The van der Waals surface area contributed by atoms with Crippen LogP contribution in [0.1, 0.15) is 33.1 Å². The summed E-state index contributed by atoms with van der Waals surface area (Å²) in [5, 5.41) is 0. The Balaban J connectivity index is 2.68. The van der Waals surface area contributed by atoms with Crippen LogP contribution in [-0.4, -0.2) is 0 Å². The second kappa shape index (κ2) is 5.07. The third-order valence-electron chi connectivity index (χ3n) is 1.05. The van der Waals surface area contributed by atoms with Crippen LogP contribution in [0, 0.1) is 0 Å². The summed E-state index contributed by atoms with van der Waals surface area (Å²) >= 11 is 1.18. The second-order valence-electron chi connectivity index (χ2n) is 2.25. The van der Waals surface area contributed by atoms with E-state index in [1.54, 1.807) is 0 Å². The van der Waals surface area contributed by atoms with Gasteiger partial charge in [0, 0.05) is 0 Å². The van der Waals surface area contributed by atoms with E-state index in [9.17, 15) is 0 Å². The zero-order valence-electron chi connectivity index (χ0n) is 5.41. The van der Waals surface area contributed by atoms with Crippen LogP contribution in [0.5, 0.6) is 0 Å². The van der Waals surface area contributed by atoms with Crippen LogP contribution in [0.15, 0.2) is 0 Å². The molecule has 0 fully saturated rings. The van der Waals surface area contributed by atoms with E-state index in [1.807, 2.05) is 0 Å². The molecule has 0 aliphatic carbocycles. The first-order valence-electron chi connectivity index (χ1n) is 3.10. The molecule has 0 saturated carbocycles. The van der Waals surface area contributed by atoms with Gasteiger partial charge in [0.15, 0.2) is 0 Å². The van der Waals surface area contributed by atoms with E-state index in [4.69, 9.17) is 0 Å². The van der Waals surface area contributed by atoms with E-state index in [-0.39, 0.29) is 0 Å². The van der Waals surface area contributed by atoms with Gasteiger partial charge in [-0.2, -0.15) is 0 Å². The zero-order valence-corrected chi connectivity index (χ0v) is 9.44. The van der Waals surface area contributed by atoms with Crippen LogP contribution in [0.4, 0.5) is 0 Å². The van der Waals surface area contributed by atoms with Gasteiger partial charge in [-0.1, -0.05) is 0 Å². The van der Waals surface area contributed by atoms with Crippen molar-refractivity contribution >= 4 is 0 Å². The monoisotopic (exact) mass is 199 g/mol. The van der Waals surface area contributed by atoms with Gasteiger partial charge < -0.3 is 0 Å². The first kappa shape index (κ1) is 7.92. The molecule has 0 N–H and O–H groups in total. The van der Waals surface area contributed by atoms with Crippen LogP contribution in [0.25, 0.3) is 0 Å². The molecule has 1 atom stereocenters. The van der Waals surface area contributed by atoms with Crippen molar-refractivity contribution in [1.82, 2.24) is 0 Å². The molecule has 0 saturated heterocycles. The topological polar surface area (TPSA) is 0 Å². The average Bonchev–Trinajstić information content (AvgIpc) is 1.61. The van der Waals surface area contributed by atoms with E-state index in [0.29, 0.717) is 0 Å². The first-order chi connectivity index (χ1) is 3.27. The Kier molecular flexibility index (Phi) is 5.73. The van der Waals surface area contributed by atoms with Crippen LogP contribution in [-0.2, 0) is 25.8 Å². The molecule has 0 aliphatic heterocycles. The summed E-state index contributed by atoms with van der Waals surface area (Å²) < 4.78 is 1.07. The minimum absolute atomic E-state index is 1.07. The van der Waals surface area contributed by atoms with Gasteiger partial charge in [-0.05, 0) is 0 Å². The van der Waals surface area contributed by atoms with Crippen molar-refractivity contribution in [3.05, 3.63) is 0 Å². The van der Waals surface area contributed by atoms with E-state index in [1.165, 1.54) is 45.0 Å². The Morgan fingerprint density at radius 2 is 2.14 bits per heavy atom. The first-order valence-corrected chi connectivity index (χ1v) is 5.43. The summed E-state index contributed by atoms with van der Waals surface area (Å²) in [5.41, 5.74) is 0. The number of hydrogen-bond acceptors (Lipinski definition) is 0. The molecular weight excluding hydrogens is 184 g/mol. The molecule has 7 heavy (non-hydrogen) atoms. The van der Waals surface area contributed by atoms with Crippen LogP contribution in [0.3, 0.4) is 0 Å². The second-order valence-corrected chi connectivity index (χ2v) is 6.23. The van der Waals surface area contributed by atoms with Gasteiger partial charge in [0.1, 0.15) is 0 Å². The Morgan fingerprint density at radius 1 is 1.57 bits per heavy atom. The molecular formula is C6H13Cd. The van der Waals surface area contributed by atoms with Gasteiger partial charge in [0.05, 0.1) is 0 Å². The fourth-order valence-corrected chi connectivity index (χ4v) is 1.38. The van der Waals surface area contributed by atoms with Crippen molar-refractivity contribution in [2.75, 3.05) is 0 Å². The van der Waals surface area contributed by atoms with Gasteiger partial charge in [0.2, 0.25) is 0 Å². The van der Waals surface area contributed by atoms with Gasteiger partial charge in [-0.15, -0.1) is 0 Å². The van der Waals surface area contributed by atoms with Crippen LogP contribution < -0.4 is 0 Å². The van der Waals surface area contributed by atoms with Crippen molar-refractivity contribution in [2.45, 2.75) is 36.6 Å². The molecule has 39 valence electrons. The molecule has 1 unspecified atom stereocenters. The van der Waals surface area contributed by atoms with E-state index in [0.717, 1.165) is 3.48 Å². The van der Waals surface area contributed by atoms with Crippen LogP contribution in [0.2, 0.25) is 3.48 Å². The maximum absolute atomic E-state index is 2.35. The van der Waals surface area contributed by atoms with E-state index >= 15 is 0 Å². The number of rotatable bonds is 3. The van der Waals surface area contributed by atoms with Crippen molar-refractivity contribution in [3.63, 3.8) is 0 Å². The molecule has 0 aromatic carbocycles. The van der Waals surface area contributed by atoms with Crippen molar-refractivity contribution in [2.24, 2.45) is 0 Å². The standard InChI is InChI=1S/C6H13.Cd/c1-3-5-6-4-2;/h3H,4-6H2,1-2H3;. The third-order valence-corrected chi connectivity index (χ3v) is 2.22. The Bertz CT molecular complexity index is 33.2. The molecule has 0 amide bonds. The van der Waals surface area contributed by atoms with Crippen molar-refractivity contribution < 1.29 is 25.8 Å². The molecule has 0 aromatic heterocycles. The molecule has 0 spiro atoms. The minimum atomic E-state index is 1.07. The Hall–Kier alpha value is 0.922. The van der Waals surface area contributed by atoms with Crippen molar-refractivity contribution in [3.8, 4) is 0 Å². The van der Waals surface area contributed by atoms with E-state index in [2.05, 4.69) is 13.8 Å². The SMILES string of the molecule is CCCC[CH](C)[Cd]. The van der Waals surface area contributed by atoms with E-state index < -0.39 is 0 Å². The molecule has 0 rings (SSSR count). The molecule has 0 aliphatic rings. The quantitative estimate of drug-likeness (QED) is 0.610. The summed E-state index contributed by atoms with van der Waals surface area (Å²) in [6.45, 7) is 4.61. The molecule has 0 bridgehead atoms. The fourth-order valence-electron chi connectivity index (χ4n) is 0.553. The predicted octanol–water partition coefficient (Wildman–Crippen LogP) is 2.53. The summed E-state index contributed by atoms with van der Waals surface area (Å²) in [6, 6.07) is 0. The normalized spacial score (nSPS) is 14.3. The summed E-state index contributed by atoms with van der Waals surface area (Å²) in [6.07, 6.45) is 4.29. The van der Waals surface area contributed by atoms with Gasteiger partial charge in [-0.3, -0.25) is 0 Å². The summed E-state index contributed by atoms with van der Waals surface area (Å²) in [7, 11) is 0. The molecule has 0 aromatic rings. The summed E-state index contributed by atoms with van der Waals surface area (Å²) in [4.78, 5) is 0. The molecule has 0 nitrogen and oxygen atoms in total. The van der Waals surface area contributed by atoms with Gasteiger partial charge >= 0.3 is 62.4 Å². The number of unbranched alkanes of at least 4 members (excludes halogenated alkanes) is 1. The maximum atomic E-state index is 2.35. The Labute approximate surface area is 62.4 Å². The van der Waals surface area contributed by atoms with Gasteiger partial charge in [0.25, 0.3) is 0 Å². The Morgan fingerprint density at radius 3 is 2.29 bits per heavy atom. The molecule has 0 heterocycles. The fraction of sp³-hybridized carbons (Fsp3) is 1.00. The average molecular weight is 198 g/mol. The molecule has 1 heteroatoms. The van der Waals surface area contributed by atoms with Gasteiger partial charge in [-0.25, -0.2) is 0 Å². The zero-order chi connectivity index (χ0) is 5.70. The number of hydrogen-bond donors (Lipinski definition) is 0. The predicted molar refractivity (Wildman–Crippen MR) is 28.9 cm³/mol. The van der Waals surface area contributed by atoms with Crippen molar-refractivity contribution in [1.29, 1.82) is 0 Å². The van der Waals surface area contributed by atoms with Crippen LogP contribution >= 0.6 is 0 Å². The third kappa shape index (κ3) is 6.92.